The Balaban J connectivity index is 0.00000112. The van der Waals surface area contributed by atoms with Gasteiger partial charge in [-0.3, -0.25) is 0 Å². The van der Waals surface area contributed by atoms with Crippen molar-refractivity contribution in [1.82, 2.24) is 0 Å². The number of nitrogens with zero attached hydrogens (tertiary/aromatic N) is 1. The Kier molecular flexibility index (Phi) is 3.35. The number of nitriles is 1. The van der Waals surface area contributed by atoms with Crippen molar-refractivity contribution in [2.75, 3.05) is 0 Å². The number of rotatable bonds is 0. The van der Waals surface area contributed by atoms with Gasteiger partial charge in [0.05, 0.1) is 11.6 Å². The molecule has 0 atom stereocenters. The minimum Gasteiger partial charge on any atom is -0.318 e. The van der Waals surface area contributed by atoms with Crippen molar-refractivity contribution >= 4 is 11.6 Å². The minimum absolute atomic E-state index is 0. The van der Waals surface area contributed by atoms with E-state index >= 15 is 0 Å². The van der Waals surface area contributed by atoms with Gasteiger partial charge in [0.1, 0.15) is 0 Å². The monoisotopic (exact) mass is 207 g/mol. The van der Waals surface area contributed by atoms with Gasteiger partial charge in [-0.1, -0.05) is 19.1 Å². The van der Waals surface area contributed by atoms with Gasteiger partial charge in [-0.15, -0.1) is 22.8 Å². The second-order valence-corrected chi connectivity index (χ2v) is 3.14. The average molecular weight is 207 g/mol. The molecule has 15 heavy (non-hydrogen) atoms. The third kappa shape index (κ3) is 1.61. The van der Waals surface area contributed by atoms with Gasteiger partial charge in [-0.2, -0.15) is 0 Å². The van der Waals surface area contributed by atoms with Crippen LogP contribution in [0.2, 0.25) is 0 Å². The van der Waals surface area contributed by atoms with E-state index in [1.165, 1.54) is 0 Å². The fourth-order valence-electron chi connectivity index (χ4n) is 1.62. The van der Waals surface area contributed by atoms with Gasteiger partial charge in [0.2, 0.25) is 0 Å². The summed E-state index contributed by atoms with van der Waals surface area (Å²) in [6.07, 6.45) is 0. The molecule has 68 valence electrons. The zero-order valence-corrected chi connectivity index (χ0v) is 10.5. The Morgan fingerprint density at radius 1 is 1.27 bits per heavy atom. The molecule has 0 N–H and O–H groups in total. The van der Waals surface area contributed by atoms with E-state index in [1.807, 2.05) is 0 Å². The largest absolute Gasteiger partial charge is 1.00 e. The predicted molar refractivity (Wildman–Crippen MR) is 48.7 cm³/mol. The van der Waals surface area contributed by atoms with Crippen LogP contribution in [0.4, 0.5) is 0 Å². The van der Waals surface area contributed by atoms with Gasteiger partial charge in [0.25, 0.3) is 0 Å². The summed E-state index contributed by atoms with van der Waals surface area (Å²) in [4.78, 5) is 23.1. The molecule has 0 aliphatic heterocycles. The fourth-order valence-corrected chi connectivity index (χ4v) is 1.62. The maximum atomic E-state index is 11.6. The second kappa shape index (κ2) is 4.19. The summed E-state index contributed by atoms with van der Waals surface area (Å²) >= 11 is 0. The molecule has 4 heteroatoms. The van der Waals surface area contributed by atoms with Crippen LogP contribution in [0.3, 0.4) is 0 Å². The molecule has 0 aromatic heterocycles. The zero-order valence-electron chi connectivity index (χ0n) is 8.50. The fraction of sp³-hybridized carbons (Fsp3) is 0.0909. The van der Waals surface area contributed by atoms with Gasteiger partial charge in [-0.05, 0) is 0 Å². The van der Waals surface area contributed by atoms with Crippen LogP contribution in [0.1, 0.15) is 26.3 Å². The smallest absolute Gasteiger partial charge is 0.318 e. The molecule has 0 spiro atoms. The Morgan fingerprint density at radius 3 is 2.47 bits per heavy atom. The van der Waals surface area contributed by atoms with Crippen LogP contribution in [-0.4, -0.2) is 11.6 Å². The molecule has 1 aromatic carbocycles. The van der Waals surface area contributed by atoms with Crippen molar-refractivity contribution < 1.29 is 39.1 Å². The first-order chi connectivity index (χ1) is 6.66. The number of benzene rings is 1. The number of Topliss-reactive ketones (excluding diaryl/α,β-unsaturated/α-hetero) is 2. The number of carbonyl (C=O) groups is 2. The molecular weight excluding hydrogens is 201 g/mol. The molecule has 0 amide bonds. The number of carbonyl (C=O) groups excluding carboxylic acids is 2. The van der Waals surface area contributed by atoms with E-state index in [9.17, 15) is 9.59 Å². The van der Waals surface area contributed by atoms with Crippen LogP contribution >= 0.6 is 0 Å². The van der Waals surface area contributed by atoms with Crippen LogP contribution in [0.5, 0.6) is 0 Å². The Bertz CT molecular complexity index is 488. The van der Waals surface area contributed by atoms with E-state index in [0.717, 1.165) is 5.56 Å². The molecule has 0 heterocycles. The average Bonchev–Trinajstić information content (AvgIpc) is 2.41. The minimum atomic E-state index is -0.448. The number of fused-ring (bicyclic) bond motifs is 1. The van der Waals surface area contributed by atoms with Crippen molar-refractivity contribution in [3.63, 3.8) is 0 Å². The summed E-state index contributed by atoms with van der Waals surface area (Å²) in [7, 11) is 0. The van der Waals surface area contributed by atoms with Gasteiger partial charge < -0.3 is 9.59 Å². The summed E-state index contributed by atoms with van der Waals surface area (Å²) in [5, 5.41) is 8.64. The van der Waals surface area contributed by atoms with E-state index in [-0.39, 0.29) is 35.5 Å². The third-order valence-corrected chi connectivity index (χ3v) is 2.31. The van der Waals surface area contributed by atoms with Crippen LogP contribution < -0.4 is 29.6 Å². The molecule has 1 aliphatic carbocycles. The summed E-state index contributed by atoms with van der Waals surface area (Å²) in [6, 6.07) is 6.69. The van der Waals surface area contributed by atoms with Gasteiger partial charge in [-0.25, -0.2) is 5.26 Å². The SMILES string of the molecule is Cc1cccc2c1C(=O)[C-](C#N)C2=O.[Na+]. The number of ketones is 2. The summed E-state index contributed by atoms with van der Waals surface area (Å²) in [5.74, 6) is -1.16. The van der Waals surface area contributed by atoms with E-state index in [2.05, 4.69) is 0 Å². The zero-order chi connectivity index (χ0) is 10.3. The Labute approximate surface area is 109 Å². The first-order valence-electron chi connectivity index (χ1n) is 4.13. The molecule has 3 nitrogen and oxygen atoms in total. The first-order valence-corrected chi connectivity index (χ1v) is 4.13. The van der Waals surface area contributed by atoms with Crippen molar-refractivity contribution in [1.29, 1.82) is 5.26 Å². The van der Waals surface area contributed by atoms with Crippen LogP contribution in [0, 0.1) is 24.2 Å². The van der Waals surface area contributed by atoms with E-state index < -0.39 is 11.6 Å². The Hall–Kier alpha value is -1.08. The standard InChI is InChI=1S/C11H6NO2.Na/c1-6-3-2-4-7-9(6)11(14)8(5-12)10(7)13;/h2-4H,1H3;/q-1;+1. The van der Waals surface area contributed by atoms with Gasteiger partial charge in [0, 0.05) is 12.0 Å². The van der Waals surface area contributed by atoms with Crippen molar-refractivity contribution in [3.8, 4) is 6.07 Å². The second-order valence-electron chi connectivity index (χ2n) is 3.14. The van der Waals surface area contributed by atoms with Crippen LogP contribution in [0.25, 0.3) is 0 Å². The van der Waals surface area contributed by atoms with Crippen molar-refractivity contribution in [2.24, 2.45) is 0 Å². The molecule has 0 saturated heterocycles. The molecule has 0 radical (unpaired) electrons. The quantitative estimate of drug-likeness (QED) is 0.383. The molecule has 0 unspecified atom stereocenters. The summed E-state index contributed by atoms with van der Waals surface area (Å²) < 4.78 is 0. The molecule has 2 rings (SSSR count). The molecule has 1 aromatic rings. The predicted octanol–water partition coefficient (Wildman–Crippen LogP) is -1.52. The molecule has 0 saturated carbocycles. The van der Waals surface area contributed by atoms with E-state index in [0.29, 0.717) is 11.1 Å². The van der Waals surface area contributed by atoms with Crippen LogP contribution in [0.15, 0.2) is 18.2 Å². The first kappa shape index (κ1) is 12.0. The van der Waals surface area contributed by atoms with Crippen molar-refractivity contribution in [3.05, 3.63) is 40.8 Å². The Morgan fingerprint density at radius 2 is 1.93 bits per heavy atom. The summed E-state index contributed by atoms with van der Waals surface area (Å²) in [5.41, 5.74) is 1.48. The van der Waals surface area contributed by atoms with E-state index in [1.54, 1.807) is 31.2 Å². The third-order valence-electron chi connectivity index (χ3n) is 2.31. The number of aryl methyl sites for hydroxylation is 1. The molecule has 0 fully saturated rings. The van der Waals surface area contributed by atoms with Crippen molar-refractivity contribution in [2.45, 2.75) is 6.92 Å². The topological polar surface area (TPSA) is 57.9 Å². The van der Waals surface area contributed by atoms with E-state index in [4.69, 9.17) is 5.26 Å². The molecule has 1 aliphatic rings. The number of hydrogen-bond acceptors (Lipinski definition) is 3. The number of hydrogen-bond donors (Lipinski definition) is 0. The van der Waals surface area contributed by atoms with Gasteiger partial charge in [0.15, 0.2) is 0 Å². The van der Waals surface area contributed by atoms with Crippen LogP contribution in [-0.2, 0) is 0 Å². The molecular formula is C11H6NNaO2. The maximum Gasteiger partial charge on any atom is 1.00 e. The van der Waals surface area contributed by atoms with Gasteiger partial charge >= 0.3 is 29.6 Å². The summed E-state index contributed by atoms with van der Waals surface area (Å²) in [6.45, 7) is 1.75. The molecule has 0 bridgehead atoms. The normalized spacial score (nSPS) is 13.2. The maximum absolute atomic E-state index is 11.6.